The maximum absolute atomic E-state index is 12.4. The fourth-order valence-electron chi connectivity index (χ4n) is 3.40. The Morgan fingerprint density at radius 1 is 1.31 bits per heavy atom. The van der Waals surface area contributed by atoms with Gasteiger partial charge < -0.3 is 15.3 Å². The van der Waals surface area contributed by atoms with Crippen molar-refractivity contribution in [1.29, 1.82) is 0 Å². The standard InChI is InChI=1S/C18H22N4O4/c1-11-8-12(18(25)26)10-22(9-11)15(23)6-7-19-17(24)16-13-4-2-3-5-14(13)20-21-16/h2-5,11-12H,6-10H2,1H3,(H,19,24)(H,20,21)(H,25,26). The molecule has 26 heavy (non-hydrogen) atoms. The Bertz CT molecular complexity index is 831. The molecule has 138 valence electrons. The first-order valence-electron chi connectivity index (χ1n) is 8.67. The molecule has 3 N–H and O–H groups in total. The van der Waals surface area contributed by atoms with Gasteiger partial charge in [0.25, 0.3) is 5.91 Å². The van der Waals surface area contributed by atoms with E-state index in [4.69, 9.17) is 0 Å². The molecule has 1 aliphatic rings. The van der Waals surface area contributed by atoms with Crippen molar-refractivity contribution in [3.8, 4) is 0 Å². The van der Waals surface area contributed by atoms with Crippen LogP contribution < -0.4 is 5.32 Å². The summed E-state index contributed by atoms with van der Waals surface area (Å²) in [6.07, 6.45) is 0.717. The topological polar surface area (TPSA) is 115 Å². The van der Waals surface area contributed by atoms with Crippen LogP contribution in [0.4, 0.5) is 0 Å². The molecule has 8 heteroatoms. The van der Waals surface area contributed by atoms with Gasteiger partial charge in [-0.1, -0.05) is 25.1 Å². The van der Waals surface area contributed by atoms with Gasteiger partial charge in [-0.05, 0) is 18.4 Å². The number of nitrogens with one attached hydrogen (secondary N) is 2. The number of likely N-dealkylation sites (tertiary alicyclic amines) is 1. The molecule has 0 radical (unpaired) electrons. The lowest BCUT2D eigenvalue weighted by molar-refractivity contribution is -0.146. The van der Waals surface area contributed by atoms with Crippen LogP contribution >= 0.6 is 0 Å². The second kappa shape index (κ2) is 7.55. The first-order chi connectivity index (χ1) is 12.5. The maximum Gasteiger partial charge on any atom is 0.308 e. The first-order valence-corrected chi connectivity index (χ1v) is 8.67. The van der Waals surface area contributed by atoms with Crippen LogP contribution in [-0.2, 0) is 9.59 Å². The van der Waals surface area contributed by atoms with Crippen LogP contribution in [0, 0.1) is 11.8 Å². The number of aliphatic carboxylic acids is 1. The molecule has 0 saturated carbocycles. The second-order valence-corrected chi connectivity index (χ2v) is 6.80. The normalized spacial score (nSPS) is 20.1. The average molecular weight is 358 g/mol. The number of amides is 2. The maximum atomic E-state index is 12.4. The molecular formula is C18H22N4O4. The number of para-hydroxylation sites is 1. The minimum atomic E-state index is -0.868. The molecule has 1 aromatic carbocycles. The number of carboxylic acids is 1. The summed E-state index contributed by atoms with van der Waals surface area (Å²) in [7, 11) is 0. The zero-order valence-corrected chi connectivity index (χ0v) is 14.6. The van der Waals surface area contributed by atoms with E-state index in [2.05, 4.69) is 15.5 Å². The van der Waals surface area contributed by atoms with Crippen molar-refractivity contribution < 1.29 is 19.5 Å². The molecule has 3 rings (SSSR count). The number of H-pyrrole nitrogens is 1. The monoisotopic (exact) mass is 358 g/mol. The van der Waals surface area contributed by atoms with E-state index in [-0.39, 0.29) is 37.2 Å². The van der Waals surface area contributed by atoms with Gasteiger partial charge in [-0.15, -0.1) is 0 Å². The smallest absolute Gasteiger partial charge is 0.308 e. The minimum absolute atomic E-state index is 0.132. The van der Waals surface area contributed by atoms with Crippen molar-refractivity contribution in [2.24, 2.45) is 11.8 Å². The third-order valence-corrected chi connectivity index (χ3v) is 4.67. The van der Waals surface area contributed by atoms with Gasteiger partial charge >= 0.3 is 5.97 Å². The Kier molecular flexibility index (Phi) is 5.20. The molecule has 8 nitrogen and oxygen atoms in total. The predicted octanol–water partition coefficient (Wildman–Crippen LogP) is 1.25. The molecule has 1 aliphatic heterocycles. The lowest BCUT2D eigenvalue weighted by atomic mass is 9.90. The second-order valence-electron chi connectivity index (χ2n) is 6.80. The lowest BCUT2D eigenvalue weighted by Crippen LogP contribution is -2.46. The SMILES string of the molecule is CC1CC(C(=O)O)CN(C(=O)CCNC(=O)c2n[nH]c3ccccc23)C1. The summed E-state index contributed by atoms with van der Waals surface area (Å²) < 4.78 is 0. The van der Waals surface area contributed by atoms with E-state index >= 15 is 0 Å². The first kappa shape index (κ1) is 17.9. The highest BCUT2D eigenvalue weighted by atomic mass is 16.4. The minimum Gasteiger partial charge on any atom is -0.481 e. The summed E-state index contributed by atoms with van der Waals surface area (Å²) in [5.74, 6) is -1.72. The Hall–Kier alpha value is -2.90. The summed E-state index contributed by atoms with van der Waals surface area (Å²) in [4.78, 5) is 37.4. The van der Waals surface area contributed by atoms with Crippen molar-refractivity contribution in [2.45, 2.75) is 19.8 Å². The Morgan fingerprint density at radius 3 is 2.85 bits per heavy atom. The van der Waals surface area contributed by atoms with Crippen molar-refractivity contribution in [1.82, 2.24) is 20.4 Å². The molecule has 1 saturated heterocycles. The number of fused-ring (bicyclic) bond motifs is 1. The molecule has 1 aromatic heterocycles. The Morgan fingerprint density at radius 2 is 2.08 bits per heavy atom. The summed E-state index contributed by atoms with van der Waals surface area (Å²) in [5.41, 5.74) is 1.07. The van der Waals surface area contributed by atoms with Gasteiger partial charge in [-0.3, -0.25) is 19.5 Å². The zero-order valence-electron chi connectivity index (χ0n) is 14.6. The highest BCUT2D eigenvalue weighted by molar-refractivity contribution is 6.04. The summed E-state index contributed by atoms with van der Waals surface area (Å²) in [6, 6.07) is 7.32. The van der Waals surface area contributed by atoms with Crippen LogP contribution in [0.1, 0.15) is 30.3 Å². The highest BCUT2D eigenvalue weighted by Crippen LogP contribution is 2.22. The molecule has 2 heterocycles. The molecular weight excluding hydrogens is 336 g/mol. The number of nitrogens with zero attached hydrogens (tertiary/aromatic N) is 2. The summed E-state index contributed by atoms with van der Waals surface area (Å²) >= 11 is 0. The molecule has 2 amide bonds. The molecule has 2 unspecified atom stereocenters. The zero-order chi connectivity index (χ0) is 18.7. The van der Waals surface area contributed by atoms with Crippen LogP contribution in [0.5, 0.6) is 0 Å². The van der Waals surface area contributed by atoms with Gasteiger partial charge in [-0.25, -0.2) is 0 Å². The fraction of sp³-hybridized carbons (Fsp3) is 0.444. The molecule has 1 fully saturated rings. The third kappa shape index (κ3) is 3.84. The highest BCUT2D eigenvalue weighted by Gasteiger charge is 2.31. The van der Waals surface area contributed by atoms with Gasteiger partial charge in [0, 0.05) is 31.4 Å². The Labute approximate surface area is 150 Å². The molecule has 2 aromatic rings. The fourth-order valence-corrected chi connectivity index (χ4v) is 3.40. The van der Waals surface area contributed by atoms with E-state index in [0.29, 0.717) is 18.7 Å². The third-order valence-electron chi connectivity index (χ3n) is 4.67. The number of benzene rings is 1. The number of carbonyl (C=O) groups is 3. The van der Waals surface area contributed by atoms with E-state index in [0.717, 1.165) is 10.9 Å². The average Bonchev–Trinajstić information content (AvgIpc) is 3.05. The van der Waals surface area contributed by atoms with Crippen LogP contribution in [0.3, 0.4) is 0 Å². The van der Waals surface area contributed by atoms with Gasteiger partial charge in [0.2, 0.25) is 5.91 Å². The number of piperidine rings is 1. The van der Waals surface area contributed by atoms with Crippen LogP contribution in [0.15, 0.2) is 24.3 Å². The van der Waals surface area contributed by atoms with Crippen LogP contribution in [-0.4, -0.2) is 57.6 Å². The van der Waals surface area contributed by atoms with Gasteiger partial charge in [0.05, 0.1) is 11.4 Å². The molecule has 0 spiro atoms. The predicted molar refractivity (Wildman–Crippen MR) is 94.5 cm³/mol. The van der Waals surface area contributed by atoms with E-state index in [9.17, 15) is 19.5 Å². The van der Waals surface area contributed by atoms with Gasteiger partial charge in [0.1, 0.15) is 0 Å². The largest absolute Gasteiger partial charge is 0.481 e. The van der Waals surface area contributed by atoms with E-state index in [1.54, 1.807) is 11.0 Å². The van der Waals surface area contributed by atoms with Gasteiger partial charge in [-0.2, -0.15) is 5.10 Å². The van der Waals surface area contributed by atoms with E-state index < -0.39 is 11.9 Å². The van der Waals surface area contributed by atoms with Crippen molar-refractivity contribution in [2.75, 3.05) is 19.6 Å². The summed E-state index contributed by atoms with van der Waals surface area (Å²) in [5, 5.41) is 19.4. The number of hydrogen-bond donors (Lipinski definition) is 3. The van der Waals surface area contributed by atoms with Crippen LogP contribution in [0.25, 0.3) is 10.9 Å². The van der Waals surface area contributed by atoms with Crippen molar-refractivity contribution in [3.05, 3.63) is 30.0 Å². The quantitative estimate of drug-likeness (QED) is 0.744. The number of carbonyl (C=O) groups excluding carboxylic acids is 2. The van der Waals surface area contributed by atoms with Gasteiger partial charge in [0.15, 0.2) is 5.69 Å². The number of carboxylic acid groups (broad SMARTS) is 1. The lowest BCUT2D eigenvalue weighted by Gasteiger charge is -2.34. The number of aromatic nitrogens is 2. The van der Waals surface area contributed by atoms with Crippen molar-refractivity contribution in [3.63, 3.8) is 0 Å². The molecule has 0 aliphatic carbocycles. The van der Waals surface area contributed by atoms with Crippen LogP contribution in [0.2, 0.25) is 0 Å². The van der Waals surface area contributed by atoms with E-state index in [1.807, 2.05) is 25.1 Å². The number of hydrogen-bond acceptors (Lipinski definition) is 4. The Balaban J connectivity index is 1.53. The number of rotatable bonds is 5. The number of aromatic amines is 1. The molecule has 0 bridgehead atoms. The summed E-state index contributed by atoms with van der Waals surface area (Å²) in [6.45, 7) is 2.92. The van der Waals surface area contributed by atoms with E-state index in [1.165, 1.54) is 0 Å². The van der Waals surface area contributed by atoms with Crippen molar-refractivity contribution >= 4 is 28.7 Å². The molecule has 2 atom stereocenters.